The summed E-state index contributed by atoms with van der Waals surface area (Å²) in [5.74, 6) is 1.79. The Labute approximate surface area is 176 Å². The molecule has 2 aromatic rings. The number of ether oxygens (including phenoxy) is 1. The van der Waals surface area contributed by atoms with Crippen molar-refractivity contribution in [3.8, 4) is 5.75 Å². The summed E-state index contributed by atoms with van der Waals surface area (Å²) in [5.41, 5.74) is 4.06. The lowest BCUT2D eigenvalue weighted by Crippen LogP contribution is -2.47. The molecule has 5 heteroatoms. The second kappa shape index (κ2) is 7.47. The van der Waals surface area contributed by atoms with Crippen LogP contribution in [0.5, 0.6) is 5.75 Å². The van der Waals surface area contributed by atoms with Crippen LogP contribution < -0.4 is 14.8 Å². The van der Waals surface area contributed by atoms with Crippen molar-refractivity contribution in [2.75, 3.05) is 24.6 Å². The standard InChI is InChI=1S/C23H27ClN2OS/c24-18-6-8-20-17(11-18)5-2-10-23(20)14-26(13-16-3-1-4-16)21-12-19(28-25)7-9-22(21)27-15-23/h6-9,11-12,16H,1-5,10,13-15,25H2. The molecular weight excluding hydrogens is 388 g/mol. The summed E-state index contributed by atoms with van der Waals surface area (Å²) in [5, 5.41) is 6.70. The average Bonchev–Trinajstić information content (AvgIpc) is 2.82. The molecule has 0 radical (unpaired) electrons. The molecule has 0 aromatic heterocycles. The van der Waals surface area contributed by atoms with Crippen LogP contribution in [0, 0.1) is 5.92 Å². The Kier molecular flexibility index (Phi) is 4.98. The minimum atomic E-state index is 0.0248. The lowest BCUT2D eigenvalue weighted by atomic mass is 9.70. The van der Waals surface area contributed by atoms with Crippen molar-refractivity contribution in [3.63, 3.8) is 0 Å². The van der Waals surface area contributed by atoms with E-state index in [1.54, 1.807) is 0 Å². The van der Waals surface area contributed by atoms with Crippen LogP contribution in [0.25, 0.3) is 0 Å². The zero-order chi connectivity index (χ0) is 19.1. The third-order valence-corrected chi connectivity index (χ3v) is 7.61. The molecule has 1 heterocycles. The third kappa shape index (κ3) is 3.30. The molecule has 1 fully saturated rings. The molecule has 1 spiro atoms. The molecule has 3 aliphatic rings. The van der Waals surface area contributed by atoms with Gasteiger partial charge in [-0.3, -0.25) is 5.14 Å². The maximum atomic E-state index is 6.47. The van der Waals surface area contributed by atoms with Crippen LogP contribution in [-0.4, -0.2) is 19.7 Å². The highest BCUT2D eigenvalue weighted by Gasteiger charge is 2.42. The minimum absolute atomic E-state index is 0.0248. The molecular formula is C23H27ClN2OS. The topological polar surface area (TPSA) is 38.5 Å². The van der Waals surface area contributed by atoms with Crippen LogP contribution in [-0.2, 0) is 11.8 Å². The van der Waals surface area contributed by atoms with Crippen molar-refractivity contribution in [3.05, 3.63) is 52.5 Å². The van der Waals surface area contributed by atoms with Gasteiger partial charge in [0.25, 0.3) is 0 Å². The Balaban J connectivity index is 1.56. The van der Waals surface area contributed by atoms with Gasteiger partial charge in [-0.25, -0.2) is 0 Å². The minimum Gasteiger partial charge on any atom is -0.490 e. The molecule has 2 aliphatic carbocycles. The van der Waals surface area contributed by atoms with Gasteiger partial charge in [0.15, 0.2) is 0 Å². The van der Waals surface area contributed by atoms with Crippen LogP contribution in [0.4, 0.5) is 5.69 Å². The number of fused-ring (bicyclic) bond motifs is 3. The number of rotatable bonds is 3. The molecule has 0 saturated heterocycles. The molecule has 1 unspecified atom stereocenters. The van der Waals surface area contributed by atoms with Gasteiger partial charge in [-0.05, 0) is 91.4 Å². The molecule has 0 amide bonds. The number of nitrogens with zero attached hydrogens (tertiary/aromatic N) is 1. The van der Waals surface area contributed by atoms with Gasteiger partial charge in [-0.1, -0.05) is 24.1 Å². The van der Waals surface area contributed by atoms with Crippen LogP contribution in [0.1, 0.15) is 43.2 Å². The molecule has 28 heavy (non-hydrogen) atoms. The highest BCUT2D eigenvalue weighted by atomic mass is 35.5. The zero-order valence-electron chi connectivity index (χ0n) is 16.1. The maximum absolute atomic E-state index is 6.47. The monoisotopic (exact) mass is 414 g/mol. The summed E-state index contributed by atoms with van der Waals surface area (Å²) in [4.78, 5) is 3.68. The lowest BCUT2D eigenvalue weighted by molar-refractivity contribution is 0.204. The largest absolute Gasteiger partial charge is 0.490 e. The summed E-state index contributed by atoms with van der Waals surface area (Å²) in [7, 11) is 0. The molecule has 0 bridgehead atoms. The molecule has 1 atom stereocenters. The molecule has 2 aromatic carbocycles. The number of halogens is 1. The summed E-state index contributed by atoms with van der Waals surface area (Å²) in [6.45, 7) is 2.84. The maximum Gasteiger partial charge on any atom is 0.142 e. The van der Waals surface area contributed by atoms with Crippen molar-refractivity contribution < 1.29 is 4.74 Å². The molecule has 5 rings (SSSR count). The molecule has 1 aliphatic heterocycles. The van der Waals surface area contributed by atoms with Gasteiger partial charge in [0, 0.05) is 28.4 Å². The summed E-state index contributed by atoms with van der Waals surface area (Å²) >= 11 is 7.62. The number of hydrogen-bond donors (Lipinski definition) is 1. The Hall–Kier alpha value is -1.36. The first kappa shape index (κ1) is 18.7. The van der Waals surface area contributed by atoms with Gasteiger partial charge >= 0.3 is 0 Å². The van der Waals surface area contributed by atoms with Gasteiger partial charge < -0.3 is 9.64 Å². The van der Waals surface area contributed by atoms with Gasteiger partial charge in [0.2, 0.25) is 0 Å². The van der Waals surface area contributed by atoms with E-state index < -0.39 is 0 Å². The summed E-state index contributed by atoms with van der Waals surface area (Å²) in [6.07, 6.45) is 7.52. The number of aryl methyl sites for hydroxylation is 1. The fourth-order valence-electron chi connectivity index (χ4n) is 5.15. The van der Waals surface area contributed by atoms with Crippen LogP contribution in [0.3, 0.4) is 0 Å². The van der Waals surface area contributed by atoms with Crippen LogP contribution in [0.2, 0.25) is 5.02 Å². The first-order valence-electron chi connectivity index (χ1n) is 10.3. The number of anilines is 1. The first-order chi connectivity index (χ1) is 13.7. The fraction of sp³-hybridized carbons (Fsp3) is 0.478. The molecule has 148 valence electrons. The van der Waals surface area contributed by atoms with E-state index >= 15 is 0 Å². The summed E-state index contributed by atoms with van der Waals surface area (Å²) < 4.78 is 6.47. The van der Waals surface area contributed by atoms with Crippen molar-refractivity contribution in [1.82, 2.24) is 0 Å². The molecule has 2 N–H and O–H groups in total. The quantitative estimate of drug-likeness (QED) is 0.665. The SMILES string of the molecule is NSc1ccc2c(c1)N(CC1CCC1)CC1(CCCc3cc(Cl)ccc31)CO2. The highest BCUT2D eigenvalue weighted by molar-refractivity contribution is 7.97. The Bertz CT molecular complexity index is 885. The summed E-state index contributed by atoms with van der Waals surface area (Å²) in [6, 6.07) is 12.8. The molecule has 1 saturated carbocycles. The van der Waals surface area contributed by atoms with Crippen molar-refractivity contribution in [1.29, 1.82) is 0 Å². The van der Waals surface area contributed by atoms with Gasteiger partial charge in [0.1, 0.15) is 5.75 Å². The average molecular weight is 415 g/mol. The molecule has 3 nitrogen and oxygen atoms in total. The second-order valence-corrected chi connectivity index (χ2v) is 9.79. The van der Waals surface area contributed by atoms with E-state index in [1.165, 1.54) is 54.4 Å². The fourth-order valence-corrected chi connectivity index (χ4v) is 5.68. The first-order valence-corrected chi connectivity index (χ1v) is 11.6. The van der Waals surface area contributed by atoms with E-state index in [4.69, 9.17) is 21.5 Å². The van der Waals surface area contributed by atoms with Gasteiger partial charge in [-0.2, -0.15) is 0 Å². The van der Waals surface area contributed by atoms with Crippen LogP contribution in [0.15, 0.2) is 41.3 Å². The Morgan fingerprint density at radius 1 is 1.18 bits per heavy atom. The highest BCUT2D eigenvalue weighted by Crippen LogP contribution is 2.45. The van der Waals surface area contributed by atoms with Crippen molar-refractivity contribution >= 4 is 29.2 Å². The Morgan fingerprint density at radius 2 is 2.07 bits per heavy atom. The van der Waals surface area contributed by atoms with E-state index in [9.17, 15) is 0 Å². The zero-order valence-corrected chi connectivity index (χ0v) is 17.7. The van der Waals surface area contributed by atoms with E-state index in [-0.39, 0.29) is 5.41 Å². The van der Waals surface area contributed by atoms with E-state index in [2.05, 4.69) is 35.2 Å². The number of nitrogens with two attached hydrogens (primary N) is 1. The number of benzene rings is 2. The number of hydrogen-bond acceptors (Lipinski definition) is 4. The van der Waals surface area contributed by atoms with E-state index in [0.717, 1.165) is 54.1 Å². The predicted molar refractivity (Wildman–Crippen MR) is 118 cm³/mol. The van der Waals surface area contributed by atoms with Crippen molar-refractivity contribution in [2.45, 2.75) is 48.8 Å². The second-order valence-electron chi connectivity index (χ2n) is 8.65. The Morgan fingerprint density at radius 3 is 2.86 bits per heavy atom. The smallest absolute Gasteiger partial charge is 0.142 e. The lowest BCUT2D eigenvalue weighted by Gasteiger charge is -2.42. The van der Waals surface area contributed by atoms with Gasteiger partial charge in [-0.15, -0.1) is 0 Å². The van der Waals surface area contributed by atoms with Gasteiger partial charge in [0.05, 0.1) is 12.3 Å². The van der Waals surface area contributed by atoms with E-state index in [1.807, 2.05) is 6.07 Å². The van der Waals surface area contributed by atoms with E-state index in [0.29, 0.717) is 0 Å². The van der Waals surface area contributed by atoms with Crippen molar-refractivity contribution in [2.24, 2.45) is 11.1 Å². The normalized spacial score (nSPS) is 24.1. The van der Waals surface area contributed by atoms with Crippen LogP contribution >= 0.6 is 23.5 Å². The third-order valence-electron chi connectivity index (χ3n) is 6.85. The predicted octanol–water partition coefficient (Wildman–Crippen LogP) is 5.58.